The Morgan fingerprint density at radius 3 is 2.79 bits per heavy atom. The molecule has 0 radical (unpaired) electrons. The Kier molecular flexibility index (Phi) is 7.63. The number of halogens is 3. The number of pyridine rings is 1. The van der Waals surface area contributed by atoms with Gasteiger partial charge in [0.2, 0.25) is 0 Å². The number of hydrogen-bond donors (Lipinski definition) is 0. The molecule has 0 aliphatic carbocycles. The molecule has 2 saturated heterocycles. The number of anilines is 2. The van der Waals surface area contributed by atoms with E-state index in [9.17, 15) is 18.4 Å². The van der Waals surface area contributed by atoms with Crippen molar-refractivity contribution < 1.29 is 32.3 Å². The number of alkyl halides is 2. The SMILES string of the molecule is O=C(CC[C@H]1CN(c2ccc(N3CCON(Cc4cccnc4)CC3)c(F)c2)C(=O)O1)C(F)F. The van der Waals surface area contributed by atoms with Crippen LogP contribution >= 0.6 is 0 Å². The lowest BCUT2D eigenvalue weighted by Crippen LogP contribution is -2.31. The Labute approximate surface area is 194 Å². The fourth-order valence-electron chi connectivity index (χ4n) is 3.96. The van der Waals surface area contributed by atoms with Crippen LogP contribution in [0.3, 0.4) is 0 Å². The maximum Gasteiger partial charge on any atom is 0.414 e. The average Bonchev–Trinajstić information content (AvgIpc) is 3.04. The fraction of sp³-hybridized carbons (Fsp3) is 0.435. The minimum absolute atomic E-state index is 0.00466. The molecule has 2 aliphatic rings. The molecule has 1 aromatic carbocycles. The van der Waals surface area contributed by atoms with Gasteiger partial charge in [0.1, 0.15) is 11.9 Å². The van der Waals surface area contributed by atoms with E-state index in [1.165, 1.54) is 11.0 Å². The number of hydrogen-bond acceptors (Lipinski definition) is 7. The molecule has 2 aliphatic heterocycles. The number of cyclic esters (lactones) is 1. The Balaban J connectivity index is 1.35. The Hall–Kier alpha value is -3.18. The molecule has 8 nitrogen and oxygen atoms in total. The number of rotatable bonds is 8. The highest BCUT2D eigenvalue weighted by atomic mass is 19.3. The Morgan fingerprint density at radius 1 is 1.21 bits per heavy atom. The number of carbonyl (C=O) groups is 2. The zero-order valence-electron chi connectivity index (χ0n) is 18.4. The molecule has 2 aromatic rings. The molecule has 0 N–H and O–H groups in total. The van der Waals surface area contributed by atoms with Gasteiger partial charge in [-0.1, -0.05) is 6.07 Å². The first-order chi connectivity index (χ1) is 16.4. The molecule has 34 heavy (non-hydrogen) atoms. The first-order valence-corrected chi connectivity index (χ1v) is 11.0. The van der Waals surface area contributed by atoms with Gasteiger partial charge in [-0.3, -0.25) is 19.5 Å². The Bertz CT molecular complexity index is 1010. The van der Waals surface area contributed by atoms with Crippen molar-refractivity contribution in [3.63, 3.8) is 0 Å². The van der Waals surface area contributed by atoms with Crippen LogP contribution in [0.25, 0.3) is 0 Å². The summed E-state index contributed by atoms with van der Waals surface area (Å²) >= 11 is 0. The fourth-order valence-corrected chi connectivity index (χ4v) is 3.96. The van der Waals surface area contributed by atoms with Gasteiger partial charge in [0.15, 0.2) is 5.78 Å². The van der Waals surface area contributed by atoms with Crippen LogP contribution in [0, 0.1) is 5.82 Å². The maximum atomic E-state index is 15.0. The van der Waals surface area contributed by atoms with E-state index < -0.39 is 30.2 Å². The molecule has 4 rings (SSSR count). The van der Waals surface area contributed by atoms with Gasteiger partial charge in [0.25, 0.3) is 6.43 Å². The maximum absolute atomic E-state index is 15.0. The highest BCUT2D eigenvalue weighted by molar-refractivity contribution is 5.90. The van der Waals surface area contributed by atoms with Crippen LogP contribution < -0.4 is 9.80 Å². The van der Waals surface area contributed by atoms with Crippen molar-refractivity contribution in [1.29, 1.82) is 0 Å². The normalized spacial score (nSPS) is 19.4. The summed E-state index contributed by atoms with van der Waals surface area (Å²) in [6.45, 7) is 2.63. The number of ether oxygens (including phenoxy) is 1. The molecule has 1 aromatic heterocycles. The molecule has 1 amide bonds. The summed E-state index contributed by atoms with van der Waals surface area (Å²) in [5, 5.41) is 1.82. The first-order valence-electron chi connectivity index (χ1n) is 11.0. The van der Waals surface area contributed by atoms with Crippen molar-refractivity contribution in [2.75, 3.05) is 42.6 Å². The predicted molar refractivity (Wildman–Crippen MR) is 117 cm³/mol. The molecule has 11 heteroatoms. The number of ketones is 1. The minimum atomic E-state index is -3.04. The molecule has 1 atom stereocenters. The smallest absolute Gasteiger partial charge is 0.414 e. The van der Waals surface area contributed by atoms with Crippen molar-refractivity contribution in [3.05, 3.63) is 54.1 Å². The van der Waals surface area contributed by atoms with E-state index in [0.29, 0.717) is 44.2 Å². The minimum Gasteiger partial charge on any atom is -0.444 e. The third-order valence-corrected chi connectivity index (χ3v) is 5.75. The van der Waals surface area contributed by atoms with E-state index in [4.69, 9.17) is 9.57 Å². The second-order valence-electron chi connectivity index (χ2n) is 8.10. The number of amides is 1. The predicted octanol–water partition coefficient (Wildman–Crippen LogP) is 3.41. The summed E-state index contributed by atoms with van der Waals surface area (Å²) in [5.74, 6) is -1.69. The van der Waals surface area contributed by atoms with Crippen molar-refractivity contribution >= 4 is 23.3 Å². The van der Waals surface area contributed by atoms with Crippen LogP contribution in [-0.2, 0) is 20.9 Å². The first kappa shape index (κ1) is 24.0. The van der Waals surface area contributed by atoms with Crippen LogP contribution in [0.5, 0.6) is 0 Å². The summed E-state index contributed by atoms with van der Waals surface area (Å²) < 4.78 is 44.9. The van der Waals surface area contributed by atoms with Crippen molar-refractivity contribution in [3.8, 4) is 0 Å². The van der Waals surface area contributed by atoms with Crippen molar-refractivity contribution in [2.45, 2.75) is 31.9 Å². The monoisotopic (exact) mass is 478 g/mol. The van der Waals surface area contributed by atoms with Crippen molar-refractivity contribution in [1.82, 2.24) is 10.0 Å². The third-order valence-electron chi connectivity index (χ3n) is 5.75. The molecular formula is C23H25F3N4O4. The molecule has 2 fully saturated rings. The standard InChI is InChI=1S/C23H25F3N4O4/c24-19-12-17(30-15-18(34-23(30)32)4-6-21(31)22(25)26)3-5-20(19)28-8-9-29(33-11-10-28)14-16-2-1-7-27-13-16/h1-3,5,7,12-13,18,22H,4,6,8-11,14-15H2/t18-/m0/s1. The van der Waals surface area contributed by atoms with Gasteiger partial charge < -0.3 is 9.64 Å². The number of hydroxylamine groups is 2. The highest BCUT2D eigenvalue weighted by Gasteiger charge is 2.33. The molecule has 182 valence electrons. The average molecular weight is 478 g/mol. The zero-order valence-corrected chi connectivity index (χ0v) is 18.4. The number of nitrogens with zero attached hydrogens (tertiary/aromatic N) is 4. The van der Waals surface area contributed by atoms with Gasteiger partial charge in [0.05, 0.1) is 31.1 Å². The van der Waals surface area contributed by atoms with E-state index in [2.05, 4.69) is 4.98 Å². The lowest BCUT2D eigenvalue weighted by Gasteiger charge is -2.24. The quantitative estimate of drug-likeness (QED) is 0.576. The van der Waals surface area contributed by atoms with Crippen LogP contribution in [0.15, 0.2) is 42.7 Å². The van der Waals surface area contributed by atoms with E-state index in [0.717, 1.165) is 5.56 Å². The summed E-state index contributed by atoms with van der Waals surface area (Å²) in [4.78, 5) is 36.3. The molecule has 0 spiro atoms. The van der Waals surface area contributed by atoms with Crippen LogP contribution in [0.2, 0.25) is 0 Å². The van der Waals surface area contributed by atoms with Gasteiger partial charge >= 0.3 is 6.09 Å². The van der Waals surface area contributed by atoms with Crippen LogP contribution in [0.1, 0.15) is 18.4 Å². The molecule has 0 saturated carbocycles. The van der Waals surface area contributed by atoms with E-state index in [-0.39, 0.29) is 19.4 Å². The second-order valence-corrected chi connectivity index (χ2v) is 8.10. The van der Waals surface area contributed by atoms with Gasteiger partial charge in [-0.2, -0.15) is 5.06 Å². The van der Waals surface area contributed by atoms with Crippen molar-refractivity contribution in [2.24, 2.45) is 0 Å². The third kappa shape index (κ3) is 5.84. The summed E-state index contributed by atoms with van der Waals surface area (Å²) in [6.07, 6.45) is -1.35. The summed E-state index contributed by atoms with van der Waals surface area (Å²) in [6, 6.07) is 8.29. The molecule has 0 unspecified atom stereocenters. The van der Waals surface area contributed by atoms with Gasteiger partial charge in [-0.25, -0.2) is 18.0 Å². The lowest BCUT2D eigenvalue weighted by molar-refractivity contribution is -0.154. The van der Waals surface area contributed by atoms with Gasteiger partial charge in [0, 0.05) is 38.4 Å². The summed E-state index contributed by atoms with van der Waals surface area (Å²) in [5.41, 5.74) is 1.71. The second kappa shape index (κ2) is 10.8. The van der Waals surface area contributed by atoms with E-state index in [1.54, 1.807) is 24.5 Å². The molecule has 3 heterocycles. The number of benzene rings is 1. The molecule has 0 bridgehead atoms. The Morgan fingerprint density at radius 2 is 2.06 bits per heavy atom. The highest BCUT2D eigenvalue weighted by Crippen LogP contribution is 2.29. The topological polar surface area (TPSA) is 75.2 Å². The largest absolute Gasteiger partial charge is 0.444 e. The zero-order chi connectivity index (χ0) is 24.1. The number of aromatic nitrogens is 1. The molecular weight excluding hydrogens is 453 g/mol. The lowest BCUT2D eigenvalue weighted by atomic mass is 10.1. The van der Waals surface area contributed by atoms with Gasteiger partial charge in [-0.15, -0.1) is 0 Å². The van der Waals surface area contributed by atoms with Gasteiger partial charge in [-0.05, 0) is 36.2 Å². The number of Topliss-reactive ketones (excluding diaryl/α,β-unsaturated/α-hetero) is 1. The number of carbonyl (C=O) groups excluding carboxylic acids is 2. The van der Waals surface area contributed by atoms with Crippen LogP contribution in [0.4, 0.5) is 29.3 Å². The summed E-state index contributed by atoms with van der Waals surface area (Å²) in [7, 11) is 0. The van der Waals surface area contributed by atoms with E-state index >= 15 is 4.39 Å². The van der Waals surface area contributed by atoms with E-state index in [1.807, 2.05) is 22.1 Å². The van der Waals surface area contributed by atoms with Crippen LogP contribution in [-0.4, -0.2) is 67.2 Å².